The summed E-state index contributed by atoms with van der Waals surface area (Å²) in [6.45, 7) is 4.36. The fraction of sp³-hybridized carbons (Fsp3) is 0.333. The van der Waals surface area contributed by atoms with Crippen molar-refractivity contribution in [2.45, 2.75) is 26.3 Å². The van der Waals surface area contributed by atoms with Crippen LogP contribution in [0, 0.1) is 13.8 Å². The van der Waals surface area contributed by atoms with Gasteiger partial charge in [0.25, 0.3) is 5.91 Å². The highest BCUT2D eigenvalue weighted by molar-refractivity contribution is 7.13. The molecule has 0 saturated carbocycles. The second kappa shape index (κ2) is 6.13. The fourth-order valence-corrected chi connectivity index (χ4v) is 3.54. The van der Waals surface area contributed by atoms with Gasteiger partial charge in [-0.2, -0.15) is 0 Å². The fourth-order valence-electron chi connectivity index (χ4n) is 2.67. The van der Waals surface area contributed by atoms with Crippen molar-refractivity contribution in [2.75, 3.05) is 11.4 Å². The van der Waals surface area contributed by atoms with Gasteiger partial charge < -0.3 is 10.6 Å². The van der Waals surface area contributed by atoms with Gasteiger partial charge in [0, 0.05) is 18.3 Å². The summed E-state index contributed by atoms with van der Waals surface area (Å²) >= 11 is 1.45. The smallest absolute Gasteiger partial charge is 0.270 e. The number of halogens is 1. The Morgan fingerprint density at radius 3 is 2.76 bits per heavy atom. The predicted molar refractivity (Wildman–Crippen MR) is 88.6 cm³/mol. The zero-order chi connectivity index (χ0) is 14.3. The van der Waals surface area contributed by atoms with E-state index in [-0.39, 0.29) is 24.4 Å². The quantitative estimate of drug-likeness (QED) is 0.877. The van der Waals surface area contributed by atoms with Crippen molar-refractivity contribution in [1.82, 2.24) is 4.98 Å². The minimum Gasteiger partial charge on any atom is -0.326 e. The third-order valence-corrected chi connectivity index (χ3v) is 4.59. The molecule has 0 bridgehead atoms. The summed E-state index contributed by atoms with van der Waals surface area (Å²) in [7, 11) is 0. The molecule has 1 aliphatic heterocycles. The molecule has 1 unspecified atom stereocenters. The van der Waals surface area contributed by atoms with E-state index in [1.165, 1.54) is 11.3 Å². The zero-order valence-electron chi connectivity index (χ0n) is 12.0. The number of thiazole rings is 1. The standard InChI is InChI=1S/C15H17N3OS.ClH/c1-9-14(20-10(2)17-9)15(19)18-8-12(16)7-11-5-3-4-6-13(11)18;/h3-6,12H,7-8,16H2,1-2H3;1H. The SMILES string of the molecule is Cc1nc(C)c(C(=O)N2CC(N)Cc3ccccc32)s1.Cl. The van der Waals surface area contributed by atoms with E-state index in [0.717, 1.165) is 28.4 Å². The highest BCUT2D eigenvalue weighted by Crippen LogP contribution is 2.29. The zero-order valence-corrected chi connectivity index (χ0v) is 13.6. The number of aryl methyl sites for hydroxylation is 2. The van der Waals surface area contributed by atoms with Crippen LogP contribution >= 0.6 is 23.7 Å². The van der Waals surface area contributed by atoms with Crippen LogP contribution in [-0.2, 0) is 6.42 Å². The number of hydrogen-bond acceptors (Lipinski definition) is 4. The number of anilines is 1. The average molecular weight is 324 g/mol. The molecule has 1 amide bonds. The van der Waals surface area contributed by atoms with E-state index in [9.17, 15) is 4.79 Å². The second-order valence-corrected chi connectivity index (χ2v) is 6.36. The lowest BCUT2D eigenvalue weighted by Crippen LogP contribution is -2.46. The van der Waals surface area contributed by atoms with Crippen molar-refractivity contribution in [3.63, 3.8) is 0 Å². The van der Waals surface area contributed by atoms with Crippen LogP contribution in [0.5, 0.6) is 0 Å². The van der Waals surface area contributed by atoms with Crippen molar-refractivity contribution in [3.05, 3.63) is 45.4 Å². The van der Waals surface area contributed by atoms with Crippen LogP contribution in [0.2, 0.25) is 0 Å². The third-order valence-electron chi connectivity index (χ3n) is 3.52. The van der Waals surface area contributed by atoms with E-state index >= 15 is 0 Å². The molecule has 0 radical (unpaired) electrons. The molecule has 2 N–H and O–H groups in total. The van der Waals surface area contributed by atoms with Crippen LogP contribution < -0.4 is 10.6 Å². The van der Waals surface area contributed by atoms with Gasteiger partial charge in [0.15, 0.2) is 0 Å². The molecule has 1 atom stereocenters. The number of fused-ring (bicyclic) bond motifs is 1. The minimum atomic E-state index is -0.0109. The number of hydrogen-bond donors (Lipinski definition) is 1. The number of para-hydroxylation sites is 1. The molecular weight excluding hydrogens is 306 g/mol. The summed E-state index contributed by atoms with van der Waals surface area (Å²) in [6, 6.07) is 7.97. The molecule has 4 nitrogen and oxygen atoms in total. The van der Waals surface area contributed by atoms with E-state index in [2.05, 4.69) is 4.98 Å². The summed E-state index contributed by atoms with van der Waals surface area (Å²) in [5.41, 5.74) is 9.01. The van der Waals surface area contributed by atoms with Crippen molar-refractivity contribution in [2.24, 2.45) is 5.73 Å². The van der Waals surface area contributed by atoms with Gasteiger partial charge in [0.05, 0.1) is 10.7 Å². The van der Waals surface area contributed by atoms with Gasteiger partial charge in [-0.25, -0.2) is 4.98 Å². The molecule has 2 aromatic rings. The summed E-state index contributed by atoms with van der Waals surface area (Å²) in [5, 5.41) is 0.917. The first kappa shape index (κ1) is 15.9. The lowest BCUT2D eigenvalue weighted by Gasteiger charge is -2.32. The van der Waals surface area contributed by atoms with Gasteiger partial charge in [-0.15, -0.1) is 23.7 Å². The average Bonchev–Trinajstić information content (AvgIpc) is 2.76. The number of carbonyl (C=O) groups is 1. The predicted octanol–water partition coefficient (Wildman–Crippen LogP) is 2.71. The van der Waals surface area contributed by atoms with Crippen LogP contribution in [0.3, 0.4) is 0 Å². The van der Waals surface area contributed by atoms with Crippen molar-refractivity contribution in [3.8, 4) is 0 Å². The van der Waals surface area contributed by atoms with Crippen LogP contribution in [0.15, 0.2) is 24.3 Å². The first-order valence-corrected chi connectivity index (χ1v) is 7.47. The van der Waals surface area contributed by atoms with Gasteiger partial charge >= 0.3 is 0 Å². The molecule has 3 rings (SSSR count). The molecular formula is C15H18ClN3OS. The van der Waals surface area contributed by atoms with Gasteiger partial charge in [-0.05, 0) is 31.9 Å². The third kappa shape index (κ3) is 2.95. The topological polar surface area (TPSA) is 59.2 Å². The summed E-state index contributed by atoms with van der Waals surface area (Å²) in [6.07, 6.45) is 0.820. The molecule has 0 aliphatic carbocycles. The van der Waals surface area contributed by atoms with E-state index < -0.39 is 0 Å². The van der Waals surface area contributed by atoms with Gasteiger partial charge in [0.2, 0.25) is 0 Å². The Morgan fingerprint density at radius 1 is 1.38 bits per heavy atom. The second-order valence-electron chi connectivity index (χ2n) is 5.16. The van der Waals surface area contributed by atoms with E-state index in [1.54, 1.807) is 4.90 Å². The summed E-state index contributed by atoms with van der Waals surface area (Å²) in [4.78, 5) is 19.6. The van der Waals surface area contributed by atoms with Gasteiger partial charge in [-0.1, -0.05) is 18.2 Å². The lowest BCUT2D eigenvalue weighted by molar-refractivity contribution is 0.0986. The minimum absolute atomic E-state index is 0. The molecule has 0 spiro atoms. The van der Waals surface area contributed by atoms with Crippen molar-refractivity contribution >= 4 is 35.3 Å². The molecule has 1 aromatic heterocycles. The number of benzene rings is 1. The summed E-state index contributed by atoms with van der Waals surface area (Å²) < 4.78 is 0. The van der Waals surface area contributed by atoms with E-state index in [1.807, 2.05) is 38.1 Å². The Balaban J connectivity index is 0.00000161. The Labute approximate surface area is 134 Å². The molecule has 0 fully saturated rings. The van der Waals surface area contributed by atoms with Gasteiger partial charge in [0.1, 0.15) is 4.88 Å². The molecule has 6 heteroatoms. The maximum absolute atomic E-state index is 12.8. The molecule has 1 aromatic carbocycles. The molecule has 21 heavy (non-hydrogen) atoms. The van der Waals surface area contributed by atoms with Crippen molar-refractivity contribution < 1.29 is 4.79 Å². The van der Waals surface area contributed by atoms with E-state index in [4.69, 9.17) is 5.73 Å². The lowest BCUT2D eigenvalue weighted by atomic mass is 9.98. The Kier molecular flexibility index (Phi) is 4.66. The normalized spacial score (nSPS) is 17.1. The van der Waals surface area contributed by atoms with Gasteiger partial charge in [-0.3, -0.25) is 4.79 Å². The summed E-state index contributed by atoms with van der Waals surface area (Å²) in [5.74, 6) is 0.00991. The Hall–Kier alpha value is -1.43. The highest BCUT2D eigenvalue weighted by Gasteiger charge is 2.29. The number of carbonyl (C=O) groups excluding carboxylic acids is 1. The van der Waals surface area contributed by atoms with Crippen LogP contribution in [-0.4, -0.2) is 23.5 Å². The molecule has 0 saturated heterocycles. The molecule has 1 aliphatic rings. The maximum atomic E-state index is 12.8. The number of nitrogens with zero attached hydrogens (tertiary/aromatic N) is 2. The highest BCUT2D eigenvalue weighted by atomic mass is 35.5. The first-order valence-electron chi connectivity index (χ1n) is 6.65. The van der Waals surface area contributed by atoms with Crippen LogP contribution in [0.25, 0.3) is 0 Å². The van der Waals surface area contributed by atoms with Crippen molar-refractivity contribution in [1.29, 1.82) is 0 Å². The largest absolute Gasteiger partial charge is 0.326 e. The maximum Gasteiger partial charge on any atom is 0.270 e. The Bertz CT molecular complexity index is 671. The Morgan fingerprint density at radius 2 is 2.10 bits per heavy atom. The monoisotopic (exact) mass is 323 g/mol. The van der Waals surface area contributed by atoms with Crippen LogP contribution in [0.1, 0.15) is 25.9 Å². The number of nitrogens with two attached hydrogens (primary N) is 1. The van der Waals surface area contributed by atoms with E-state index in [0.29, 0.717) is 11.4 Å². The number of amides is 1. The van der Waals surface area contributed by atoms with Crippen LogP contribution in [0.4, 0.5) is 5.69 Å². The molecule has 2 heterocycles. The first-order chi connectivity index (χ1) is 9.56. The number of rotatable bonds is 1. The number of aromatic nitrogens is 1. The molecule has 112 valence electrons.